The van der Waals surface area contributed by atoms with Gasteiger partial charge >= 0.3 is 6.18 Å². The Balaban J connectivity index is 1.76. The second-order valence-corrected chi connectivity index (χ2v) is 10.5. The Morgan fingerprint density at radius 2 is 1.83 bits per heavy atom. The van der Waals surface area contributed by atoms with E-state index in [0.717, 1.165) is 12.1 Å². The number of hydrogen-bond acceptors (Lipinski definition) is 7. The molecule has 3 rings (SSSR count). The van der Waals surface area contributed by atoms with Gasteiger partial charge in [0.1, 0.15) is 5.82 Å². The van der Waals surface area contributed by atoms with Crippen molar-refractivity contribution >= 4 is 43.4 Å². The second kappa shape index (κ2) is 11.5. The summed E-state index contributed by atoms with van der Waals surface area (Å²) >= 11 is 3.36. The summed E-state index contributed by atoms with van der Waals surface area (Å²) in [5.41, 5.74) is 0.472. The first-order chi connectivity index (χ1) is 16.9. The fourth-order valence-corrected chi connectivity index (χ4v) is 4.75. The largest absolute Gasteiger partial charge is 0.416 e. The Hall–Kier alpha value is -2.74. The number of aryl methyl sites for hydroxylation is 1. The van der Waals surface area contributed by atoms with Crippen molar-refractivity contribution in [2.24, 2.45) is 0 Å². The minimum atomic E-state index is -4.46. The van der Waals surface area contributed by atoms with Crippen LogP contribution in [0, 0.1) is 6.92 Å². The van der Waals surface area contributed by atoms with E-state index in [2.05, 4.69) is 41.3 Å². The van der Waals surface area contributed by atoms with Gasteiger partial charge in [-0.05, 0) is 64.7 Å². The second-order valence-electron chi connectivity index (χ2n) is 7.95. The molecule has 3 aromatic rings. The van der Waals surface area contributed by atoms with Crippen LogP contribution < -0.4 is 15.4 Å². The lowest BCUT2D eigenvalue weighted by Gasteiger charge is -2.17. The summed E-state index contributed by atoms with van der Waals surface area (Å²) in [6.07, 6.45) is -2.26. The minimum Gasteiger partial charge on any atom is -0.394 e. The van der Waals surface area contributed by atoms with Crippen molar-refractivity contribution < 1.29 is 26.7 Å². The SMILES string of the molecule is CC[C@H](CO)Nc1nc(Nc2ccc(C)c(S(=O)(=O)NCc3ccc(C(F)(F)F)cc3)c2)ncc1Br. The number of aliphatic hydroxyl groups is 1. The van der Waals surface area contributed by atoms with Gasteiger partial charge in [-0.2, -0.15) is 18.2 Å². The van der Waals surface area contributed by atoms with E-state index in [9.17, 15) is 26.7 Å². The zero-order valence-corrected chi connectivity index (χ0v) is 21.8. The fraction of sp³-hybridized carbons (Fsp3) is 0.304. The normalized spacial score (nSPS) is 12.9. The molecule has 36 heavy (non-hydrogen) atoms. The molecule has 0 unspecified atom stereocenters. The molecule has 0 aliphatic heterocycles. The van der Waals surface area contributed by atoms with Crippen LogP contribution in [0.25, 0.3) is 0 Å². The molecule has 0 amide bonds. The summed E-state index contributed by atoms with van der Waals surface area (Å²) in [6.45, 7) is 3.30. The lowest BCUT2D eigenvalue weighted by molar-refractivity contribution is -0.137. The maximum atomic E-state index is 13.0. The molecular formula is C23H25BrF3N5O3S. The van der Waals surface area contributed by atoms with E-state index >= 15 is 0 Å². The van der Waals surface area contributed by atoms with Crippen molar-refractivity contribution in [1.82, 2.24) is 14.7 Å². The van der Waals surface area contributed by atoms with Crippen LogP contribution in [0.3, 0.4) is 0 Å². The molecule has 4 N–H and O–H groups in total. The van der Waals surface area contributed by atoms with Crippen molar-refractivity contribution in [2.45, 2.75) is 43.9 Å². The highest BCUT2D eigenvalue weighted by molar-refractivity contribution is 9.10. The van der Waals surface area contributed by atoms with Gasteiger partial charge in [-0.1, -0.05) is 25.1 Å². The lowest BCUT2D eigenvalue weighted by atomic mass is 10.1. The van der Waals surface area contributed by atoms with Crippen molar-refractivity contribution in [2.75, 3.05) is 17.2 Å². The Kier molecular flexibility index (Phi) is 8.93. The molecule has 0 radical (unpaired) electrons. The van der Waals surface area contributed by atoms with Crippen LogP contribution in [0.4, 0.5) is 30.6 Å². The molecule has 0 bridgehead atoms. The van der Waals surface area contributed by atoms with Gasteiger partial charge in [0.2, 0.25) is 16.0 Å². The van der Waals surface area contributed by atoms with Crippen LogP contribution in [0.5, 0.6) is 0 Å². The van der Waals surface area contributed by atoms with E-state index < -0.39 is 21.8 Å². The van der Waals surface area contributed by atoms with E-state index in [4.69, 9.17) is 0 Å². The number of benzene rings is 2. The molecule has 0 aliphatic carbocycles. The monoisotopic (exact) mass is 587 g/mol. The van der Waals surface area contributed by atoms with Gasteiger partial charge < -0.3 is 15.7 Å². The Morgan fingerprint density at radius 1 is 1.14 bits per heavy atom. The van der Waals surface area contributed by atoms with Crippen molar-refractivity contribution in [1.29, 1.82) is 0 Å². The van der Waals surface area contributed by atoms with Crippen molar-refractivity contribution in [3.05, 3.63) is 69.8 Å². The number of sulfonamides is 1. The molecule has 194 valence electrons. The first-order valence-corrected chi connectivity index (χ1v) is 13.1. The highest BCUT2D eigenvalue weighted by Gasteiger charge is 2.30. The molecule has 1 aromatic heterocycles. The van der Waals surface area contributed by atoms with E-state index in [1.807, 2.05) is 6.92 Å². The van der Waals surface area contributed by atoms with Gasteiger partial charge in [-0.3, -0.25) is 0 Å². The fourth-order valence-electron chi connectivity index (χ4n) is 3.16. The average Bonchev–Trinajstić information content (AvgIpc) is 2.84. The molecule has 2 aromatic carbocycles. The summed E-state index contributed by atoms with van der Waals surface area (Å²) in [4.78, 5) is 8.57. The molecular weight excluding hydrogens is 563 g/mol. The predicted molar refractivity (Wildman–Crippen MR) is 134 cm³/mol. The highest BCUT2D eigenvalue weighted by Crippen LogP contribution is 2.29. The first kappa shape index (κ1) is 27.8. The van der Waals surface area contributed by atoms with Gasteiger partial charge in [0, 0.05) is 18.4 Å². The first-order valence-electron chi connectivity index (χ1n) is 10.9. The number of anilines is 3. The van der Waals surface area contributed by atoms with Crippen LogP contribution in [0.15, 0.2) is 58.0 Å². The molecule has 0 spiro atoms. The maximum absolute atomic E-state index is 13.0. The smallest absolute Gasteiger partial charge is 0.394 e. The molecule has 1 heterocycles. The number of alkyl halides is 3. The van der Waals surface area contributed by atoms with Gasteiger partial charge in [-0.25, -0.2) is 18.1 Å². The highest BCUT2D eigenvalue weighted by atomic mass is 79.9. The predicted octanol–water partition coefficient (Wildman–Crippen LogP) is 4.97. The van der Waals surface area contributed by atoms with Gasteiger partial charge in [0.05, 0.1) is 27.6 Å². The van der Waals surface area contributed by atoms with Gasteiger partial charge in [-0.15, -0.1) is 0 Å². The maximum Gasteiger partial charge on any atom is 0.416 e. The third-order valence-electron chi connectivity index (χ3n) is 5.28. The zero-order valence-electron chi connectivity index (χ0n) is 19.4. The number of rotatable bonds is 10. The zero-order chi connectivity index (χ0) is 26.5. The molecule has 1 atom stereocenters. The number of aliphatic hydroxyl groups excluding tert-OH is 1. The van der Waals surface area contributed by atoms with Crippen molar-refractivity contribution in [3.63, 3.8) is 0 Å². The summed E-state index contributed by atoms with van der Waals surface area (Å²) < 4.78 is 67.2. The van der Waals surface area contributed by atoms with E-state index in [1.54, 1.807) is 19.1 Å². The summed E-state index contributed by atoms with van der Waals surface area (Å²) in [5, 5.41) is 15.5. The molecule has 8 nitrogen and oxygen atoms in total. The van der Waals surface area contributed by atoms with E-state index in [1.165, 1.54) is 24.4 Å². The van der Waals surface area contributed by atoms with Crippen LogP contribution in [0.2, 0.25) is 0 Å². The van der Waals surface area contributed by atoms with Crippen molar-refractivity contribution in [3.8, 4) is 0 Å². The summed E-state index contributed by atoms with van der Waals surface area (Å²) in [7, 11) is -3.98. The van der Waals surface area contributed by atoms with E-state index in [-0.39, 0.29) is 30.0 Å². The van der Waals surface area contributed by atoms with E-state index in [0.29, 0.717) is 33.5 Å². The number of aromatic nitrogens is 2. The lowest BCUT2D eigenvalue weighted by Crippen LogP contribution is -2.24. The number of nitrogens with zero attached hydrogens (tertiary/aromatic N) is 2. The quantitative estimate of drug-likeness (QED) is 0.264. The molecule has 0 saturated heterocycles. The number of hydrogen-bond donors (Lipinski definition) is 4. The summed E-state index contributed by atoms with van der Waals surface area (Å²) in [5.74, 6) is 0.671. The number of nitrogens with one attached hydrogen (secondary N) is 3. The number of halogens is 4. The topological polar surface area (TPSA) is 116 Å². The Bertz CT molecular complexity index is 1300. The summed E-state index contributed by atoms with van der Waals surface area (Å²) in [6, 6.07) is 8.78. The Morgan fingerprint density at radius 3 is 2.44 bits per heavy atom. The van der Waals surface area contributed by atoms with Crippen LogP contribution in [0.1, 0.15) is 30.0 Å². The van der Waals surface area contributed by atoms with Crippen LogP contribution in [-0.4, -0.2) is 36.1 Å². The van der Waals surface area contributed by atoms with Gasteiger partial charge in [0.15, 0.2) is 0 Å². The van der Waals surface area contributed by atoms with Gasteiger partial charge in [0.25, 0.3) is 0 Å². The molecule has 0 fully saturated rings. The molecule has 13 heteroatoms. The average molecular weight is 588 g/mol. The molecule has 0 aliphatic rings. The Labute approximate surface area is 215 Å². The standard InChI is InChI=1S/C23H25BrF3N5O3S/c1-3-17(13-33)30-21-19(24)12-28-22(32-21)31-18-9-4-14(2)20(10-18)36(34,35)29-11-15-5-7-16(8-6-15)23(25,26)27/h4-10,12,17,29,33H,3,11,13H2,1-2H3,(H2,28,30,31,32)/t17-/m1/s1. The minimum absolute atomic E-state index is 0.00111. The third kappa shape index (κ3) is 7.15. The van der Waals surface area contributed by atoms with Crippen LogP contribution >= 0.6 is 15.9 Å². The third-order valence-corrected chi connectivity index (χ3v) is 7.40. The molecule has 0 saturated carbocycles. The van der Waals surface area contributed by atoms with Crippen LogP contribution in [-0.2, 0) is 22.7 Å².